The second kappa shape index (κ2) is 2.94. The minimum absolute atomic E-state index is 1.00. The zero-order valence-electron chi connectivity index (χ0n) is 7.83. The molecule has 0 radical (unpaired) electrons. The summed E-state index contributed by atoms with van der Waals surface area (Å²) in [4.78, 5) is 4.35. The van der Waals surface area contributed by atoms with Crippen molar-refractivity contribution in [1.82, 2.24) is 15.2 Å². The zero-order valence-corrected chi connectivity index (χ0v) is 7.83. The normalized spacial score (nSPS) is 16.1. The third-order valence-electron chi connectivity index (χ3n) is 2.67. The number of H-pyrrole nitrogens is 1. The minimum Gasteiger partial charge on any atom is -0.276 e. The van der Waals surface area contributed by atoms with Crippen LogP contribution in [0.5, 0.6) is 0 Å². The summed E-state index contributed by atoms with van der Waals surface area (Å²) in [5.74, 6) is 0. The Labute approximate surface area is 81.9 Å². The van der Waals surface area contributed by atoms with Crippen LogP contribution in [-0.2, 0) is 0 Å². The first-order valence-electron chi connectivity index (χ1n) is 4.93. The highest BCUT2D eigenvalue weighted by Crippen LogP contribution is 2.29. The molecule has 0 saturated carbocycles. The molecule has 2 aromatic heterocycles. The van der Waals surface area contributed by atoms with Gasteiger partial charge >= 0.3 is 0 Å². The fourth-order valence-corrected chi connectivity index (χ4v) is 1.96. The molecule has 3 heteroatoms. The number of aromatic amines is 1. The second-order valence-corrected chi connectivity index (χ2v) is 3.59. The number of nitrogens with zero attached hydrogens (tertiary/aromatic N) is 2. The fourth-order valence-electron chi connectivity index (χ4n) is 1.96. The largest absolute Gasteiger partial charge is 0.276 e. The molecule has 2 aromatic rings. The average molecular weight is 185 g/mol. The van der Waals surface area contributed by atoms with Gasteiger partial charge in [0.15, 0.2) is 0 Å². The third-order valence-corrected chi connectivity index (χ3v) is 2.67. The van der Waals surface area contributed by atoms with Crippen LogP contribution in [0.2, 0.25) is 0 Å². The molecule has 3 nitrogen and oxygen atoms in total. The Morgan fingerprint density at radius 1 is 1.36 bits per heavy atom. The Hall–Kier alpha value is -1.64. The van der Waals surface area contributed by atoms with Crippen LogP contribution in [0.4, 0.5) is 0 Å². The van der Waals surface area contributed by atoms with Crippen molar-refractivity contribution in [2.24, 2.45) is 0 Å². The van der Waals surface area contributed by atoms with Gasteiger partial charge in [0.25, 0.3) is 0 Å². The summed E-state index contributed by atoms with van der Waals surface area (Å²) in [5, 5.41) is 7.33. The van der Waals surface area contributed by atoms with Gasteiger partial charge in [0.1, 0.15) is 11.2 Å². The number of allylic oxidation sites excluding steroid dienone is 2. The second-order valence-electron chi connectivity index (χ2n) is 3.59. The molecule has 1 aliphatic rings. The van der Waals surface area contributed by atoms with E-state index >= 15 is 0 Å². The van der Waals surface area contributed by atoms with Gasteiger partial charge in [-0.05, 0) is 37.0 Å². The summed E-state index contributed by atoms with van der Waals surface area (Å²) < 4.78 is 0. The molecule has 14 heavy (non-hydrogen) atoms. The first-order valence-corrected chi connectivity index (χ1v) is 4.93. The van der Waals surface area contributed by atoms with Crippen molar-refractivity contribution in [2.75, 3.05) is 0 Å². The molecular formula is C11H11N3. The first-order chi connectivity index (χ1) is 6.95. The highest BCUT2D eigenvalue weighted by molar-refractivity contribution is 5.87. The van der Waals surface area contributed by atoms with Crippen LogP contribution in [0.1, 0.15) is 25.0 Å². The van der Waals surface area contributed by atoms with Crippen molar-refractivity contribution in [2.45, 2.75) is 19.3 Å². The lowest BCUT2D eigenvalue weighted by Gasteiger charge is -1.95. The standard InChI is InChI=1S/C11H11N3/c1-2-5-8(4-1)10-11-9(13-14-10)6-3-7-12-11/h3-4,6-7H,1-2,5H2,(H,13,14). The van der Waals surface area contributed by atoms with Gasteiger partial charge in [0, 0.05) is 6.20 Å². The van der Waals surface area contributed by atoms with Crippen LogP contribution in [0.15, 0.2) is 24.4 Å². The highest BCUT2D eigenvalue weighted by atomic mass is 15.1. The number of fused-ring (bicyclic) bond motifs is 1. The van der Waals surface area contributed by atoms with E-state index in [1.807, 2.05) is 18.3 Å². The molecule has 0 atom stereocenters. The maximum Gasteiger partial charge on any atom is 0.116 e. The maximum atomic E-state index is 4.35. The van der Waals surface area contributed by atoms with Gasteiger partial charge in [0.2, 0.25) is 0 Å². The summed E-state index contributed by atoms with van der Waals surface area (Å²) in [6, 6.07) is 3.93. The predicted octanol–water partition coefficient (Wildman–Crippen LogP) is 2.53. The molecule has 0 aromatic carbocycles. The Balaban J connectivity index is 2.21. The van der Waals surface area contributed by atoms with Gasteiger partial charge in [-0.25, -0.2) is 0 Å². The molecule has 0 fully saturated rings. The van der Waals surface area contributed by atoms with E-state index < -0.39 is 0 Å². The van der Waals surface area contributed by atoms with Crippen LogP contribution < -0.4 is 0 Å². The SMILES string of the molecule is C1=C(c2n[nH]c3cccnc23)CCC1. The Bertz CT molecular complexity index is 496. The lowest BCUT2D eigenvalue weighted by Crippen LogP contribution is -1.83. The Morgan fingerprint density at radius 2 is 2.36 bits per heavy atom. The summed E-state index contributed by atoms with van der Waals surface area (Å²) in [6.07, 6.45) is 7.64. The molecule has 70 valence electrons. The van der Waals surface area contributed by atoms with E-state index in [1.165, 1.54) is 18.4 Å². The van der Waals surface area contributed by atoms with Gasteiger partial charge in [-0.2, -0.15) is 5.10 Å². The van der Waals surface area contributed by atoms with Crippen LogP contribution in [0, 0.1) is 0 Å². The van der Waals surface area contributed by atoms with Gasteiger partial charge in [-0.1, -0.05) is 6.08 Å². The molecular weight excluding hydrogens is 174 g/mol. The van der Waals surface area contributed by atoms with E-state index in [2.05, 4.69) is 21.3 Å². The van der Waals surface area contributed by atoms with Crippen molar-refractivity contribution < 1.29 is 0 Å². The summed E-state index contributed by atoms with van der Waals surface area (Å²) >= 11 is 0. The number of hydrogen-bond donors (Lipinski definition) is 1. The fraction of sp³-hybridized carbons (Fsp3) is 0.273. The zero-order chi connectivity index (χ0) is 9.38. The smallest absolute Gasteiger partial charge is 0.116 e. The monoisotopic (exact) mass is 185 g/mol. The van der Waals surface area contributed by atoms with E-state index in [4.69, 9.17) is 0 Å². The van der Waals surface area contributed by atoms with E-state index in [-0.39, 0.29) is 0 Å². The maximum absolute atomic E-state index is 4.35. The number of nitrogens with one attached hydrogen (secondary N) is 1. The number of hydrogen-bond acceptors (Lipinski definition) is 2. The van der Waals surface area contributed by atoms with Gasteiger partial charge in [-0.15, -0.1) is 0 Å². The minimum atomic E-state index is 1.00. The topological polar surface area (TPSA) is 41.6 Å². The number of pyridine rings is 1. The Morgan fingerprint density at radius 3 is 3.21 bits per heavy atom. The molecule has 3 rings (SSSR count). The molecule has 2 heterocycles. The van der Waals surface area contributed by atoms with Crippen molar-refractivity contribution in [1.29, 1.82) is 0 Å². The van der Waals surface area contributed by atoms with E-state index in [0.717, 1.165) is 23.1 Å². The summed E-state index contributed by atoms with van der Waals surface area (Å²) in [6.45, 7) is 0. The van der Waals surface area contributed by atoms with Crippen molar-refractivity contribution in [3.05, 3.63) is 30.1 Å². The molecule has 1 N–H and O–H groups in total. The third kappa shape index (κ3) is 1.05. The predicted molar refractivity (Wildman–Crippen MR) is 55.7 cm³/mol. The highest BCUT2D eigenvalue weighted by Gasteiger charge is 2.13. The van der Waals surface area contributed by atoms with Crippen LogP contribution in [0.25, 0.3) is 16.6 Å². The van der Waals surface area contributed by atoms with Crippen molar-refractivity contribution in [3.8, 4) is 0 Å². The molecule has 0 amide bonds. The molecule has 0 saturated heterocycles. The van der Waals surface area contributed by atoms with Crippen LogP contribution in [-0.4, -0.2) is 15.2 Å². The summed E-state index contributed by atoms with van der Waals surface area (Å²) in [5.41, 5.74) is 4.41. The van der Waals surface area contributed by atoms with Crippen molar-refractivity contribution >= 4 is 16.6 Å². The van der Waals surface area contributed by atoms with Crippen LogP contribution >= 0.6 is 0 Å². The lowest BCUT2D eigenvalue weighted by atomic mass is 10.1. The molecule has 0 aliphatic heterocycles. The quantitative estimate of drug-likeness (QED) is 0.741. The molecule has 0 bridgehead atoms. The van der Waals surface area contributed by atoms with E-state index in [0.29, 0.717) is 0 Å². The summed E-state index contributed by atoms with van der Waals surface area (Å²) in [7, 11) is 0. The van der Waals surface area contributed by atoms with E-state index in [9.17, 15) is 0 Å². The van der Waals surface area contributed by atoms with Crippen molar-refractivity contribution in [3.63, 3.8) is 0 Å². The first kappa shape index (κ1) is 7.74. The lowest BCUT2D eigenvalue weighted by molar-refractivity contribution is 0.931. The van der Waals surface area contributed by atoms with E-state index in [1.54, 1.807) is 0 Å². The number of rotatable bonds is 1. The van der Waals surface area contributed by atoms with Gasteiger partial charge in [-0.3, -0.25) is 10.1 Å². The van der Waals surface area contributed by atoms with Gasteiger partial charge < -0.3 is 0 Å². The van der Waals surface area contributed by atoms with Crippen LogP contribution in [0.3, 0.4) is 0 Å². The molecule has 1 aliphatic carbocycles. The van der Waals surface area contributed by atoms with Gasteiger partial charge in [0.05, 0.1) is 5.52 Å². The Kier molecular flexibility index (Phi) is 1.63. The molecule has 0 spiro atoms. The number of aromatic nitrogens is 3. The average Bonchev–Trinajstić information content (AvgIpc) is 2.85. The molecule has 0 unspecified atom stereocenters.